The molecule has 7 heteroatoms. The smallest absolute Gasteiger partial charge is 0.405 e. The lowest BCUT2D eigenvalue weighted by Gasteiger charge is -2.17. The van der Waals surface area contributed by atoms with Gasteiger partial charge in [-0.3, -0.25) is 0 Å². The van der Waals surface area contributed by atoms with Gasteiger partial charge in [-0.2, -0.15) is 0 Å². The Kier molecular flexibility index (Phi) is 5.40. The summed E-state index contributed by atoms with van der Waals surface area (Å²) in [5.41, 5.74) is 0.599. The van der Waals surface area contributed by atoms with Gasteiger partial charge in [0.1, 0.15) is 0 Å². The Morgan fingerprint density at radius 1 is 1.47 bits per heavy atom. The van der Waals surface area contributed by atoms with Crippen molar-refractivity contribution in [2.75, 3.05) is 5.75 Å². The van der Waals surface area contributed by atoms with Gasteiger partial charge in [-0.15, -0.1) is 0 Å². The minimum absolute atomic E-state index is 0.0177. The zero-order valence-corrected chi connectivity index (χ0v) is 10.4. The van der Waals surface area contributed by atoms with Crippen molar-refractivity contribution in [2.24, 2.45) is 0 Å². The minimum Gasteiger partial charge on any atom is -0.465 e. The largest absolute Gasteiger partial charge is 0.465 e. The summed E-state index contributed by atoms with van der Waals surface area (Å²) in [5, 5.41) is 11.4. The van der Waals surface area contributed by atoms with Crippen LogP contribution in [0.2, 0.25) is 5.02 Å². The molecule has 0 bridgehead atoms. The van der Waals surface area contributed by atoms with Crippen molar-refractivity contribution in [2.45, 2.75) is 12.5 Å². The van der Waals surface area contributed by atoms with Gasteiger partial charge in [0.25, 0.3) is 0 Å². The Bertz CT molecular complexity index is 427. The van der Waals surface area contributed by atoms with Crippen LogP contribution in [0, 0.1) is 0 Å². The molecule has 0 heterocycles. The molecule has 17 heavy (non-hydrogen) atoms. The number of carbonyl (C=O) groups is 1. The summed E-state index contributed by atoms with van der Waals surface area (Å²) in [6.45, 7) is 0. The van der Waals surface area contributed by atoms with E-state index >= 15 is 0 Å². The van der Waals surface area contributed by atoms with Crippen LogP contribution in [0.4, 0.5) is 4.79 Å². The molecule has 5 nitrogen and oxygen atoms in total. The van der Waals surface area contributed by atoms with Gasteiger partial charge in [-0.1, -0.05) is 29.8 Å². The van der Waals surface area contributed by atoms with Crippen LogP contribution in [0.25, 0.3) is 0 Å². The Morgan fingerprint density at radius 3 is 2.65 bits per heavy atom. The van der Waals surface area contributed by atoms with Crippen molar-refractivity contribution in [1.82, 2.24) is 5.32 Å². The van der Waals surface area contributed by atoms with Crippen LogP contribution >= 0.6 is 11.6 Å². The fraction of sp³-hybridized carbons (Fsp3) is 0.300. The Morgan fingerprint density at radius 2 is 2.12 bits per heavy atom. The van der Waals surface area contributed by atoms with E-state index in [2.05, 4.69) is 5.32 Å². The number of hydrogen-bond acceptors (Lipinski definition) is 2. The average molecular weight is 278 g/mol. The number of carboxylic acid groups (broad SMARTS) is 1. The van der Waals surface area contributed by atoms with Gasteiger partial charge in [-0.25, -0.2) is 9.00 Å². The van der Waals surface area contributed by atoms with Gasteiger partial charge in [0, 0.05) is 5.02 Å². The number of amides is 1. The monoisotopic (exact) mass is 277 g/mol. The van der Waals surface area contributed by atoms with E-state index in [1.165, 1.54) is 0 Å². The molecule has 3 N–H and O–H groups in total. The van der Waals surface area contributed by atoms with E-state index in [4.69, 9.17) is 21.3 Å². The summed E-state index contributed by atoms with van der Waals surface area (Å²) in [5.74, 6) is -0.0177. The van der Waals surface area contributed by atoms with Gasteiger partial charge in [0.05, 0.1) is 11.8 Å². The van der Waals surface area contributed by atoms with Crippen LogP contribution in [0.3, 0.4) is 0 Å². The van der Waals surface area contributed by atoms with E-state index in [9.17, 15) is 9.00 Å². The predicted molar refractivity (Wildman–Crippen MR) is 65.6 cm³/mol. The molecule has 0 aliphatic rings. The fourth-order valence-electron chi connectivity index (χ4n) is 1.43. The fourth-order valence-corrected chi connectivity index (χ4v) is 2.14. The van der Waals surface area contributed by atoms with Crippen LogP contribution < -0.4 is 5.32 Å². The Hall–Kier alpha value is -1.11. The predicted octanol–water partition coefficient (Wildman–Crippen LogP) is 2.26. The first-order valence-electron chi connectivity index (χ1n) is 4.82. The summed E-state index contributed by atoms with van der Waals surface area (Å²) < 4.78 is 19.3. The van der Waals surface area contributed by atoms with E-state index in [1.807, 2.05) is 0 Å². The minimum atomic E-state index is -1.96. The molecule has 2 atom stereocenters. The van der Waals surface area contributed by atoms with Gasteiger partial charge in [0.15, 0.2) is 11.1 Å². The molecule has 0 saturated heterocycles. The zero-order valence-electron chi connectivity index (χ0n) is 8.80. The highest BCUT2D eigenvalue weighted by molar-refractivity contribution is 7.79. The lowest BCUT2D eigenvalue weighted by molar-refractivity contribution is 0.189. The normalized spacial score (nSPS) is 14.0. The summed E-state index contributed by atoms with van der Waals surface area (Å²) in [6, 6.07) is 6.20. The zero-order chi connectivity index (χ0) is 12.8. The molecule has 2 unspecified atom stereocenters. The van der Waals surface area contributed by atoms with Crippen LogP contribution in [0.1, 0.15) is 18.0 Å². The highest BCUT2D eigenvalue weighted by Gasteiger charge is 2.17. The lowest BCUT2D eigenvalue weighted by Crippen LogP contribution is -2.28. The third kappa shape index (κ3) is 4.72. The second kappa shape index (κ2) is 6.58. The maximum absolute atomic E-state index is 10.6. The molecular weight excluding hydrogens is 266 g/mol. The number of nitrogens with one attached hydrogen (secondary N) is 1. The van der Waals surface area contributed by atoms with Gasteiger partial charge in [0.2, 0.25) is 0 Å². The third-order valence-corrected chi connectivity index (χ3v) is 3.09. The molecule has 1 rings (SSSR count). The van der Waals surface area contributed by atoms with Gasteiger partial charge in [-0.05, 0) is 18.1 Å². The topological polar surface area (TPSA) is 86.6 Å². The number of benzene rings is 1. The van der Waals surface area contributed by atoms with Gasteiger partial charge >= 0.3 is 6.09 Å². The first-order chi connectivity index (χ1) is 8.00. The highest BCUT2D eigenvalue weighted by Crippen LogP contribution is 2.25. The maximum Gasteiger partial charge on any atom is 0.405 e. The van der Waals surface area contributed by atoms with Crippen LogP contribution in [0.5, 0.6) is 0 Å². The summed E-state index contributed by atoms with van der Waals surface area (Å²) in [4.78, 5) is 10.6. The molecule has 1 aromatic carbocycles. The van der Waals surface area contributed by atoms with E-state index < -0.39 is 23.2 Å². The van der Waals surface area contributed by atoms with Crippen molar-refractivity contribution < 1.29 is 18.7 Å². The van der Waals surface area contributed by atoms with Crippen molar-refractivity contribution in [1.29, 1.82) is 0 Å². The number of rotatable bonds is 5. The van der Waals surface area contributed by atoms with E-state index in [1.54, 1.807) is 24.3 Å². The van der Waals surface area contributed by atoms with E-state index in [-0.39, 0.29) is 12.2 Å². The molecule has 0 aliphatic carbocycles. The van der Waals surface area contributed by atoms with Crippen LogP contribution in [0.15, 0.2) is 24.3 Å². The van der Waals surface area contributed by atoms with E-state index in [0.717, 1.165) is 0 Å². The van der Waals surface area contributed by atoms with E-state index in [0.29, 0.717) is 10.6 Å². The lowest BCUT2D eigenvalue weighted by atomic mass is 10.0. The Balaban J connectivity index is 2.85. The molecule has 0 aromatic heterocycles. The highest BCUT2D eigenvalue weighted by atomic mass is 35.5. The number of hydrogen-bond donors (Lipinski definition) is 3. The summed E-state index contributed by atoms with van der Waals surface area (Å²) >= 11 is 3.99. The standard InChI is InChI=1S/C10H12ClNO4S/c11-8-4-2-1-3-7(8)9(12-10(13)14)5-6-17(15)16/h1-4,9,12H,5-6H2,(H,13,14)(H,15,16). The van der Waals surface area contributed by atoms with Gasteiger partial charge < -0.3 is 15.0 Å². The van der Waals surface area contributed by atoms with Crippen molar-refractivity contribution in [3.63, 3.8) is 0 Å². The summed E-state index contributed by atoms with van der Waals surface area (Å²) in [6.07, 6.45) is -0.988. The summed E-state index contributed by atoms with van der Waals surface area (Å²) in [7, 11) is 0. The average Bonchev–Trinajstić information content (AvgIpc) is 2.24. The first-order valence-corrected chi connectivity index (χ1v) is 6.47. The molecular formula is C10H12ClNO4S. The molecule has 0 spiro atoms. The quantitative estimate of drug-likeness (QED) is 0.721. The molecule has 0 radical (unpaired) electrons. The molecule has 1 amide bonds. The molecule has 94 valence electrons. The number of halogens is 1. The third-order valence-electron chi connectivity index (χ3n) is 2.16. The first kappa shape index (κ1) is 14.0. The SMILES string of the molecule is O=C(O)NC(CCS(=O)O)c1ccccc1Cl. The second-order valence-electron chi connectivity index (χ2n) is 3.34. The van der Waals surface area contributed by atoms with Crippen LogP contribution in [-0.2, 0) is 11.1 Å². The van der Waals surface area contributed by atoms with Crippen LogP contribution in [-0.4, -0.2) is 25.7 Å². The molecule has 0 fully saturated rings. The maximum atomic E-state index is 10.6. The molecule has 0 saturated carbocycles. The van der Waals surface area contributed by atoms with Crippen molar-refractivity contribution in [3.05, 3.63) is 34.9 Å². The van der Waals surface area contributed by atoms with Crippen molar-refractivity contribution >= 4 is 28.8 Å². The van der Waals surface area contributed by atoms with Crippen molar-refractivity contribution in [3.8, 4) is 0 Å². The molecule has 0 aliphatic heterocycles. The second-order valence-corrected chi connectivity index (χ2v) is 4.80. The Labute approximate surface area is 106 Å². The molecule has 1 aromatic rings.